The quantitative estimate of drug-likeness (QED) is 0.171. The van der Waals surface area contributed by atoms with Crippen LogP contribution in [0.25, 0.3) is 22.2 Å². The summed E-state index contributed by atoms with van der Waals surface area (Å²) in [6.45, 7) is 2.18. The van der Waals surface area contributed by atoms with E-state index in [2.05, 4.69) is 16.9 Å². The molecule has 0 saturated heterocycles. The molecule has 0 fully saturated rings. The van der Waals surface area contributed by atoms with E-state index in [-0.39, 0.29) is 12.8 Å². The summed E-state index contributed by atoms with van der Waals surface area (Å²) in [4.78, 5) is 8.96. The van der Waals surface area contributed by atoms with Crippen LogP contribution >= 0.6 is 0 Å². The fourth-order valence-electron chi connectivity index (χ4n) is 4.28. The summed E-state index contributed by atoms with van der Waals surface area (Å²) in [6, 6.07) is 11.6. The lowest BCUT2D eigenvalue weighted by molar-refractivity contribution is -0.140. The summed E-state index contributed by atoms with van der Waals surface area (Å²) < 4.78 is 67.3. The lowest BCUT2D eigenvalue weighted by atomic mass is 9.98. The molecule has 7 heteroatoms. The number of nitrogens with zero attached hydrogens (tertiary/aromatic N) is 2. The van der Waals surface area contributed by atoms with Crippen LogP contribution in [0.15, 0.2) is 60.9 Å². The zero-order chi connectivity index (χ0) is 25.7. The standard InChI is InChI=1S/C29H27F5N2/c1-2-3-4-5-6-20-17-35-28(36-18-20)23-12-13-24-22(16-23)11-10-21(27(24)31)9-7-19-8-14-25(26(30)15-19)29(32,33)34/h8,10-18H,2-7,9H2,1H3. The van der Waals surface area contributed by atoms with Gasteiger partial charge in [0.25, 0.3) is 0 Å². The van der Waals surface area contributed by atoms with E-state index in [4.69, 9.17) is 0 Å². The second-order valence-electron chi connectivity index (χ2n) is 9.01. The van der Waals surface area contributed by atoms with Crippen LogP contribution < -0.4 is 0 Å². The average molecular weight is 499 g/mol. The van der Waals surface area contributed by atoms with Crippen molar-refractivity contribution in [3.63, 3.8) is 0 Å². The minimum Gasteiger partial charge on any atom is -0.236 e. The van der Waals surface area contributed by atoms with Gasteiger partial charge in [0.05, 0.1) is 5.56 Å². The van der Waals surface area contributed by atoms with Crippen molar-refractivity contribution >= 4 is 10.8 Å². The second-order valence-corrected chi connectivity index (χ2v) is 9.01. The number of halogens is 5. The van der Waals surface area contributed by atoms with Crippen LogP contribution in [0.5, 0.6) is 0 Å². The van der Waals surface area contributed by atoms with E-state index in [0.29, 0.717) is 27.7 Å². The molecule has 0 N–H and O–H groups in total. The molecule has 0 aliphatic rings. The fourth-order valence-corrected chi connectivity index (χ4v) is 4.28. The Kier molecular flexibility index (Phi) is 7.97. The van der Waals surface area contributed by atoms with Crippen molar-refractivity contribution in [3.8, 4) is 11.4 Å². The Labute approximate surface area is 207 Å². The van der Waals surface area contributed by atoms with Crippen molar-refractivity contribution in [1.29, 1.82) is 0 Å². The van der Waals surface area contributed by atoms with Gasteiger partial charge in [-0.25, -0.2) is 18.7 Å². The summed E-state index contributed by atoms with van der Waals surface area (Å²) in [5, 5.41) is 1.13. The van der Waals surface area contributed by atoms with E-state index in [0.717, 1.165) is 36.1 Å². The monoisotopic (exact) mass is 498 g/mol. The zero-order valence-corrected chi connectivity index (χ0v) is 20.0. The maximum atomic E-state index is 15.2. The molecule has 1 aromatic heterocycles. The van der Waals surface area contributed by atoms with Crippen molar-refractivity contribution in [2.24, 2.45) is 0 Å². The second kappa shape index (κ2) is 11.1. The molecular formula is C29H27F5N2. The molecule has 0 atom stereocenters. The highest BCUT2D eigenvalue weighted by molar-refractivity contribution is 5.87. The van der Waals surface area contributed by atoms with Crippen LogP contribution in [0.1, 0.15) is 54.9 Å². The molecule has 4 rings (SSSR count). The van der Waals surface area contributed by atoms with Gasteiger partial charge in [-0.2, -0.15) is 13.2 Å². The Bertz CT molecular complexity index is 1330. The predicted octanol–water partition coefficient (Wildman–Crippen LogP) is 8.50. The first-order valence-electron chi connectivity index (χ1n) is 12.1. The SMILES string of the molecule is CCCCCCc1cnc(-c2ccc3c(F)c(CCc4ccc(C(F)(F)F)c(F)c4)ccc3c2)nc1. The van der Waals surface area contributed by atoms with E-state index >= 15 is 4.39 Å². The Hall–Kier alpha value is -3.35. The summed E-state index contributed by atoms with van der Waals surface area (Å²) in [6.07, 6.45) is 5.06. The smallest absolute Gasteiger partial charge is 0.236 e. The normalized spacial score (nSPS) is 11.8. The van der Waals surface area contributed by atoms with E-state index in [1.165, 1.54) is 25.3 Å². The summed E-state index contributed by atoms with van der Waals surface area (Å²) >= 11 is 0. The van der Waals surface area contributed by atoms with E-state index in [1.54, 1.807) is 24.3 Å². The molecule has 0 saturated carbocycles. The third kappa shape index (κ3) is 6.07. The number of fused-ring (bicyclic) bond motifs is 1. The van der Waals surface area contributed by atoms with Crippen molar-refractivity contribution in [3.05, 3.63) is 94.8 Å². The zero-order valence-electron chi connectivity index (χ0n) is 20.0. The molecule has 36 heavy (non-hydrogen) atoms. The number of alkyl halides is 3. The minimum absolute atomic E-state index is 0.216. The van der Waals surface area contributed by atoms with Crippen molar-refractivity contribution < 1.29 is 22.0 Å². The number of aromatic nitrogens is 2. The first-order valence-corrected chi connectivity index (χ1v) is 12.1. The lowest BCUT2D eigenvalue weighted by Gasteiger charge is -2.11. The summed E-state index contributed by atoms with van der Waals surface area (Å²) in [5.74, 6) is -1.14. The maximum absolute atomic E-state index is 15.2. The number of rotatable bonds is 9. The van der Waals surface area contributed by atoms with Crippen LogP contribution in [0.3, 0.4) is 0 Å². The molecule has 0 amide bonds. The average Bonchev–Trinajstić information content (AvgIpc) is 2.86. The molecule has 0 bridgehead atoms. The predicted molar refractivity (Wildman–Crippen MR) is 132 cm³/mol. The highest BCUT2D eigenvalue weighted by atomic mass is 19.4. The maximum Gasteiger partial charge on any atom is 0.419 e. The third-order valence-electron chi connectivity index (χ3n) is 6.34. The molecule has 0 spiro atoms. The van der Waals surface area contributed by atoms with Crippen LogP contribution in [-0.4, -0.2) is 9.97 Å². The molecule has 0 radical (unpaired) electrons. The number of benzene rings is 3. The Balaban J connectivity index is 1.46. The van der Waals surface area contributed by atoms with Gasteiger partial charge < -0.3 is 0 Å². The van der Waals surface area contributed by atoms with Crippen molar-refractivity contribution in [2.45, 2.75) is 58.0 Å². The van der Waals surface area contributed by atoms with E-state index in [9.17, 15) is 17.6 Å². The third-order valence-corrected chi connectivity index (χ3v) is 6.34. The van der Waals surface area contributed by atoms with E-state index < -0.39 is 23.4 Å². The van der Waals surface area contributed by atoms with Gasteiger partial charge in [0, 0.05) is 23.3 Å². The van der Waals surface area contributed by atoms with Gasteiger partial charge >= 0.3 is 6.18 Å². The number of aryl methyl sites for hydroxylation is 3. The van der Waals surface area contributed by atoms with Crippen LogP contribution in [0.2, 0.25) is 0 Å². The van der Waals surface area contributed by atoms with Gasteiger partial charge in [0.2, 0.25) is 0 Å². The van der Waals surface area contributed by atoms with Gasteiger partial charge in [-0.05, 0) is 66.0 Å². The molecule has 2 nitrogen and oxygen atoms in total. The van der Waals surface area contributed by atoms with Crippen LogP contribution in [-0.2, 0) is 25.4 Å². The van der Waals surface area contributed by atoms with Crippen LogP contribution in [0, 0.1) is 11.6 Å². The molecule has 0 aliphatic carbocycles. The van der Waals surface area contributed by atoms with Gasteiger partial charge in [-0.15, -0.1) is 0 Å². The number of hydrogen-bond acceptors (Lipinski definition) is 2. The minimum atomic E-state index is -4.74. The Morgan fingerprint density at radius 3 is 2.22 bits per heavy atom. The van der Waals surface area contributed by atoms with Gasteiger partial charge in [-0.3, -0.25) is 0 Å². The summed E-state index contributed by atoms with van der Waals surface area (Å²) in [5.41, 5.74) is 1.37. The van der Waals surface area contributed by atoms with Gasteiger partial charge in [0.15, 0.2) is 5.82 Å². The molecule has 0 aliphatic heterocycles. The van der Waals surface area contributed by atoms with Crippen molar-refractivity contribution in [2.75, 3.05) is 0 Å². The first-order chi connectivity index (χ1) is 17.3. The van der Waals surface area contributed by atoms with Gasteiger partial charge in [0.1, 0.15) is 11.6 Å². The number of unbranched alkanes of at least 4 members (excludes halogenated alkanes) is 3. The van der Waals surface area contributed by atoms with Crippen LogP contribution in [0.4, 0.5) is 22.0 Å². The fraction of sp³-hybridized carbons (Fsp3) is 0.310. The molecule has 0 unspecified atom stereocenters. The molecule has 3 aromatic carbocycles. The highest BCUT2D eigenvalue weighted by Crippen LogP contribution is 2.32. The summed E-state index contributed by atoms with van der Waals surface area (Å²) in [7, 11) is 0. The van der Waals surface area contributed by atoms with Crippen molar-refractivity contribution in [1.82, 2.24) is 9.97 Å². The molecule has 1 heterocycles. The molecular weight excluding hydrogens is 471 g/mol. The topological polar surface area (TPSA) is 25.8 Å². The largest absolute Gasteiger partial charge is 0.419 e. The Morgan fingerprint density at radius 2 is 1.53 bits per heavy atom. The van der Waals surface area contributed by atoms with Gasteiger partial charge in [-0.1, -0.05) is 56.5 Å². The first kappa shape index (κ1) is 25.7. The Morgan fingerprint density at radius 1 is 0.750 bits per heavy atom. The van der Waals surface area contributed by atoms with E-state index in [1.807, 2.05) is 18.5 Å². The highest BCUT2D eigenvalue weighted by Gasteiger charge is 2.33. The lowest BCUT2D eigenvalue weighted by Crippen LogP contribution is -2.08. The molecule has 188 valence electrons. The number of hydrogen-bond donors (Lipinski definition) is 0. The molecule has 4 aromatic rings.